The van der Waals surface area contributed by atoms with Crippen molar-refractivity contribution in [2.75, 3.05) is 32.1 Å². The number of esters is 1. The summed E-state index contributed by atoms with van der Waals surface area (Å²) >= 11 is 2.93. The second-order valence-electron chi connectivity index (χ2n) is 15.1. The number of rotatable bonds is 39. The molecule has 0 aromatic carbocycles. The molecule has 0 fully saturated rings. The lowest BCUT2D eigenvalue weighted by Crippen LogP contribution is -2.20. The quantitative estimate of drug-likeness (QED) is 0.0351. The summed E-state index contributed by atoms with van der Waals surface area (Å²) in [6.45, 7) is 5.41. The molecule has 0 unspecified atom stereocenters. The molecule has 0 bridgehead atoms. The maximum atomic E-state index is 12.6. The molecule has 0 saturated carbocycles. The topological polar surface area (TPSA) is 63.7 Å². The van der Waals surface area contributed by atoms with Crippen LogP contribution in [0.15, 0.2) is 24.3 Å². The molecule has 0 aliphatic carbocycles. The summed E-state index contributed by atoms with van der Waals surface area (Å²) in [5.41, 5.74) is 0. The zero-order valence-corrected chi connectivity index (χ0v) is 36.3. The van der Waals surface area contributed by atoms with E-state index in [9.17, 15) is 14.4 Å². The summed E-state index contributed by atoms with van der Waals surface area (Å²) in [5, 5.41) is 0.635. The van der Waals surface area contributed by atoms with Crippen LogP contribution in [0.5, 0.6) is 0 Å². The van der Waals surface area contributed by atoms with Crippen molar-refractivity contribution < 1.29 is 19.1 Å². The zero-order valence-electron chi connectivity index (χ0n) is 34.6. The van der Waals surface area contributed by atoms with Gasteiger partial charge in [0, 0.05) is 30.8 Å². The lowest BCUT2D eigenvalue weighted by Gasteiger charge is -2.18. The Kier molecular flexibility index (Phi) is 40.3. The molecule has 0 N–H and O–H groups in total. The van der Waals surface area contributed by atoms with E-state index in [4.69, 9.17) is 4.74 Å². The molecule has 304 valence electrons. The minimum atomic E-state index is -0.0617. The standard InChI is InChI=1S/C45H83NO4S2/c1-5-7-9-11-13-15-17-25-31-40-51-44(48)37-29-23-19-21-27-34-42(50-43(47)36-33-39-46(3)4)35-28-22-20-24-30-38-45(49)52-41-32-26-18-16-14-12-10-8-6-2/h25-26,31-32,42H,5-24,27-30,33-41H2,1-4H3/b31-25-,32-26-. The second-order valence-corrected chi connectivity index (χ2v) is 17.2. The third kappa shape index (κ3) is 40.1. The summed E-state index contributed by atoms with van der Waals surface area (Å²) in [6, 6.07) is 0. The molecule has 7 heteroatoms. The van der Waals surface area contributed by atoms with Crippen LogP contribution in [0.25, 0.3) is 0 Å². The van der Waals surface area contributed by atoms with Crippen LogP contribution < -0.4 is 0 Å². The normalized spacial score (nSPS) is 11.9. The molecular weight excluding hydrogens is 683 g/mol. The first-order chi connectivity index (χ1) is 25.4. The maximum Gasteiger partial charge on any atom is 0.306 e. The molecule has 5 nitrogen and oxygen atoms in total. The summed E-state index contributed by atoms with van der Waals surface area (Å²) in [6.07, 6.45) is 42.3. The smallest absolute Gasteiger partial charge is 0.306 e. The van der Waals surface area contributed by atoms with E-state index in [0.717, 1.165) is 114 Å². The van der Waals surface area contributed by atoms with E-state index in [-0.39, 0.29) is 12.1 Å². The highest BCUT2D eigenvalue weighted by molar-refractivity contribution is 8.14. The SMILES string of the molecule is CCCCCCCC/C=C\CSC(=O)CCCCCCCC(CCCCCCCC(=O)SC/C=C\CCCCCCCC)OC(=O)CCCN(C)C. The number of carbonyl (C=O) groups is 3. The average molecular weight is 766 g/mol. The molecule has 0 rings (SSSR count). The van der Waals surface area contributed by atoms with Crippen molar-refractivity contribution in [1.82, 2.24) is 4.90 Å². The van der Waals surface area contributed by atoms with Gasteiger partial charge in [0.2, 0.25) is 0 Å². The number of ether oxygens (including phenoxy) is 1. The Hall–Kier alpha value is -1.05. The van der Waals surface area contributed by atoms with Crippen molar-refractivity contribution in [3.8, 4) is 0 Å². The largest absolute Gasteiger partial charge is 0.462 e. The third-order valence-electron chi connectivity index (χ3n) is 9.56. The van der Waals surface area contributed by atoms with E-state index in [0.29, 0.717) is 29.5 Å². The highest BCUT2D eigenvalue weighted by atomic mass is 32.2. The monoisotopic (exact) mass is 766 g/mol. The number of nitrogens with zero attached hydrogens (tertiary/aromatic N) is 1. The predicted octanol–water partition coefficient (Wildman–Crippen LogP) is 13.8. The Morgan fingerprint density at radius 1 is 0.500 bits per heavy atom. The molecular formula is C45H83NO4S2. The van der Waals surface area contributed by atoms with Gasteiger partial charge >= 0.3 is 5.97 Å². The Morgan fingerprint density at radius 2 is 0.904 bits per heavy atom. The molecule has 0 aliphatic heterocycles. The van der Waals surface area contributed by atoms with Gasteiger partial charge in [-0.2, -0.15) is 0 Å². The van der Waals surface area contributed by atoms with Gasteiger partial charge in [0.05, 0.1) is 0 Å². The van der Waals surface area contributed by atoms with Gasteiger partial charge in [-0.15, -0.1) is 0 Å². The number of hydrogen-bond donors (Lipinski definition) is 0. The third-order valence-corrected chi connectivity index (χ3v) is 11.3. The molecule has 0 radical (unpaired) electrons. The van der Waals surface area contributed by atoms with Crippen molar-refractivity contribution in [1.29, 1.82) is 0 Å². The van der Waals surface area contributed by atoms with Crippen LogP contribution in [0.1, 0.15) is 206 Å². The van der Waals surface area contributed by atoms with E-state index >= 15 is 0 Å². The summed E-state index contributed by atoms with van der Waals surface area (Å²) < 4.78 is 5.96. The van der Waals surface area contributed by atoms with Crippen molar-refractivity contribution in [2.24, 2.45) is 0 Å². The van der Waals surface area contributed by atoms with Crippen LogP contribution in [-0.4, -0.2) is 59.3 Å². The van der Waals surface area contributed by atoms with Gasteiger partial charge in [-0.25, -0.2) is 0 Å². The van der Waals surface area contributed by atoms with E-state index < -0.39 is 0 Å². The van der Waals surface area contributed by atoms with Crippen molar-refractivity contribution >= 4 is 39.7 Å². The van der Waals surface area contributed by atoms with Crippen LogP contribution in [0, 0.1) is 0 Å². The van der Waals surface area contributed by atoms with Crippen molar-refractivity contribution in [3.63, 3.8) is 0 Å². The Morgan fingerprint density at radius 3 is 1.35 bits per heavy atom. The molecule has 0 heterocycles. The molecule has 0 aromatic heterocycles. The number of hydrogen-bond acceptors (Lipinski definition) is 7. The first-order valence-electron chi connectivity index (χ1n) is 21.8. The predicted molar refractivity (Wildman–Crippen MR) is 232 cm³/mol. The van der Waals surface area contributed by atoms with E-state index in [1.54, 1.807) is 0 Å². The summed E-state index contributed by atoms with van der Waals surface area (Å²) in [5.74, 6) is 1.55. The second kappa shape index (κ2) is 41.1. The van der Waals surface area contributed by atoms with Gasteiger partial charge in [0.25, 0.3) is 0 Å². The average Bonchev–Trinajstić information content (AvgIpc) is 3.12. The van der Waals surface area contributed by atoms with Gasteiger partial charge in [0.1, 0.15) is 6.10 Å². The molecule has 52 heavy (non-hydrogen) atoms. The Balaban J connectivity index is 4.08. The number of carbonyl (C=O) groups excluding carboxylic acids is 3. The first-order valence-corrected chi connectivity index (χ1v) is 23.8. The van der Waals surface area contributed by atoms with E-state index in [2.05, 4.69) is 43.1 Å². The molecule has 0 spiro atoms. The molecule has 0 amide bonds. The fourth-order valence-electron chi connectivity index (χ4n) is 6.27. The fraction of sp³-hybridized carbons (Fsp3) is 0.844. The minimum absolute atomic E-state index is 0.00559. The van der Waals surface area contributed by atoms with Gasteiger partial charge in [-0.05, 0) is 91.3 Å². The number of allylic oxidation sites excluding steroid dienone is 2. The van der Waals surface area contributed by atoms with Gasteiger partial charge < -0.3 is 9.64 Å². The molecule has 0 saturated heterocycles. The lowest BCUT2D eigenvalue weighted by molar-refractivity contribution is -0.150. The van der Waals surface area contributed by atoms with Crippen LogP contribution in [0.2, 0.25) is 0 Å². The molecule has 0 aliphatic rings. The van der Waals surface area contributed by atoms with Gasteiger partial charge in [0.15, 0.2) is 10.2 Å². The molecule has 0 atom stereocenters. The summed E-state index contributed by atoms with van der Waals surface area (Å²) in [7, 11) is 4.06. The summed E-state index contributed by atoms with van der Waals surface area (Å²) in [4.78, 5) is 39.2. The van der Waals surface area contributed by atoms with Crippen LogP contribution >= 0.6 is 23.5 Å². The molecule has 0 aromatic rings. The van der Waals surface area contributed by atoms with Gasteiger partial charge in [-0.1, -0.05) is 164 Å². The maximum absolute atomic E-state index is 12.6. The fourth-order valence-corrected chi connectivity index (χ4v) is 7.69. The zero-order chi connectivity index (χ0) is 38.2. The minimum Gasteiger partial charge on any atom is -0.462 e. The van der Waals surface area contributed by atoms with E-state index in [1.807, 2.05) is 14.1 Å². The first kappa shape index (κ1) is 51.0. The van der Waals surface area contributed by atoms with Crippen LogP contribution in [0.3, 0.4) is 0 Å². The highest BCUT2D eigenvalue weighted by Gasteiger charge is 2.14. The Bertz CT molecular complexity index is 819. The van der Waals surface area contributed by atoms with E-state index in [1.165, 1.54) is 101 Å². The number of thioether (sulfide) groups is 2. The Labute approximate surface area is 331 Å². The van der Waals surface area contributed by atoms with Crippen molar-refractivity contribution in [2.45, 2.75) is 213 Å². The van der Waals surface area contributed by atoms with Crippen LogP contribution in [-0.2, 0) is 19.1 Å². The lowest BCUT2D eigenvalue weighted by atomic mass is 10.0. The highest BCUT2D eigenvalue weighted by Crippen LogP contribution is 2.19. The van der Waals surface area contributed by atoms with Crippen molar-refractivity contribution in [3.05, 3.63) is 24.3 Å². The van der Waals surface area contributed by atoms with Gasteiger partial charge in [-0.3, -0.25) is 14.4 Å². The number of unbranched alkanes of at least 4 members (excludes halogenated alkanes) is 20. The van der Waals surface area contributed by atoms with Crippen LogP contribution in [0.4, 0.5) is 0 Å².